The number of hydrogen-bond donors (Lipinski definition) is 0. The lowest BCUT2D eigenvalue weighted by atomic mass is 9.95. The molecular formula is C22H34N2O2. The molecule has 0 aliphatic carbocycles. The Morgan fingerprint density at radius 3 is 2.50 bits per heavy atom. The number of likely N-dealkylation sites (tertiary alicyclic amines) is 1. The number of ether oxygens (including phenoxy) is 1. The average Bonchev–Trinajstić information content (AvgIpc) is 2.97. The van der Waals surface area contributed by atoms with Crippen LogP contribution in [-0.4, -0.2) is 48.1 Å². The van der Waals surface area contributed by atoms with Crippen LogP contribution in [0, 0.1) is 5.92 Å². The zero-order valence-electron chi connectivity index (χ0n) is 16.4. The quantitative estimate of drug-likeness (QED) is 0.665. The smallest absolute Gasteiger partial charge is 0.410 e. The van der Waals surface area contributed by atoms with E-state index in [2.05, 4.69) is 30.9 Å². The maximum Gasteiger partial charge on any atom is 0.410 e. The van der Waals surface area contributed by atoms with E-state index in [-0.39, 0.29) is 18.2 Å². The molecule has 26 heavy (non-hydrogen) atoms. The minimum Gasteiger partial charge on any atom is -0.439 e. The number of amides is 1. The van der Waals surface area contributed by atoms with Crippen LogP contribution in [0.4, 0.5) is 4.79 Å². The van der Waals surface area contributed by atoms with E-state index < -0.39 is 0 Å². The number of carbonyl (C=O) groups excluding carboxylic acids is 1. The van der Waals surface area contributed by atoms with Gasteiger partial charge in [0, 0.05) is 6.54 Å². The van der Waals surface area contributed by atoms with Crippen molar-refractivity contribution in [2.24, 2.45) is 5.92 Å². The largest absolute Gasteiger partial charge is 0.439 e. The predicted octanol–water partition coefficient (Wildman–Crippen LogP) is 4.86. The van der Waals surface area contributed by atoms with Crippen LogP contribution < -0.4 is 0 Å². The SMILES string of the molecule is CC(C)CCC1C(c2ccccc2)OC(=O)N1CCCN1CCCCC1. The van der Waals surface area contributed by atoms with Gasteiger partial charge >= 0.3 is 6.09 Å². The fraction of sp³-hybridized carbons (Fsp3) is 0.682. The first-order valence-corrected chi connectivity index (χ1v) is 10.4. The molecule has 2 fully saturated rings. The van der Waals surface area contributed by atoms with E-state index in [0.717, 1.165) is 37.9 Å². The van der Waals surface area contributed by atoms with Crippen LogP contribution in [0.5, 0.6) is 0 Å². The van der Waals surface area contributed by atoms with E-state index in [9.17, 15) is 4.79 Å². The van der Waals surface area contributed by atoms with Crippen molar-refractivity contribution in [2.45, 2.75) is 64.5 Å². The third-order valence-electron chi connectivity index (χ3n) is 5.70. The molecule has 1 aromatic rings. The van der Waals surface area contributed by atoms with Gasteiger partial charge in [0.05, 0.1) is 6.04 Å². The summed E-state index contributed by atoms with van der Waals surface area (Å²) in [5.41, 5.74) is 1.12. The second-order valence-corrected chi connectivity index (χ2v) is 8.20. The minimum absolute atomic E-state index is 0.127. The highest BCUT2D eigenvalue weighted by atomic mass is 16.6. The zero-order valence-corrected chi connectivity index (χ0v) is 16.4. The fourth-order valence-electron chi connectivity index (χ4n) is 4.20. The highest BCUT2D eigenvalue weighted by molar-refractivity contribution is 5.71. The maximum atomic E-state index is 12.6. The Balaban J connectivity index is 1.62. The number of hydrogen-bond acceptors (Lipinski definition) is 3. The van der Waals surface area contributed by atoms with Crippen LogP contribution in [0.25, 0.3) is 0 Å². The Labute approximate surface area is 158 Å². The number of piperidine rings is 1. The summed E-state index contributed by atoms with van der Waals surface area (Å²) in [5.74, 6) is 0.636. The lowest BCUT2D eigenvalue weighted by molar-refractivity contribution is 0.128. The topological polar surface area (TPSA) is 32.8 Å². The van der Waals surface area contributed by atoms with Crippen molar-refractivity contribution in [2.75, 3.05) is 26.2 Å². The molecule has 0 bridgehead atoms. The molecule has 144 valence electrons. The highest BCUT2D eigenvalue weighted by Crippen LogP contribution is 2.35. The van der Waals surface area contributed by atoms with Gasteiger partial charge in [-0.3, -0.25) is 0 Å². The zero-order chi connectivity index (χ0) is 18.4. The molecule has 2 heterocycles. The van der Waals surface area contributed by atoms with E-state index in [4.69, 9.17) is 4.74 Å². The van der Waals surface area contributed by atoms with E-state index >= 15 is 0 Å². The van der Waals surface area contributed by atoms with Gasteiger partial charge in [0.1, 0.15) is 6.10 Å². The molecule has 1 amide bonds. The van der Waals surface area contributed by atoms with Gasteiger partial charge in [-0.1, -0.05) is 50.6 Å². The predicted molar refractivity (Wildman–Crippen MR) is 105 cm³/mol. The van der Waals surface area contributed by atoms with Gasteiger partial charge in [-0.05, 0) is 63.2 Å². The third kappa shape index (κ3) is 5.00. The van der Waals surface area contributed by atoms with Gasteiger partial charge in [0.15, 0.2) is 0 Å². The molecule has 2 saturated heterocycles. The Bertz CT molecular complexity index is 555. The van der Waals surface area contributed by atoms with E-state index in [0.29, 0.717) is 5.92 Å². The lowest BCUT2D eigenvalue weighted by Crippen LogP contribution is -2.38. The molecule has 3 rings (SSSR count). The molecule has 0 N–H and O–H groups in total. The normalized spacial score (nSPS) is 24.3. The molecule has 0 aromatic heterocycles. The summed E-state index contributed by atoms with van der Waals surface area (Å²) in [6.07, 6.45) is 6.90. The molecular weight excluding hydrogens is 324 g/mol. The summed E-state index contributed by atoms with van der Waals surface area (Å²) >= 11 is 0. The Morgan fingerprint density at radius 1 is 1.08 bits per heavy atom. The summed E-state index contributed by atoms with van der Waals surface area (Å²) in [6.45, 7) is 8.82. The summed E-state index contributed by atoms with van der Waals surface area (Å²) in [4.78, 5) is 17.1. The van der Waals surface area contributed by atoms with Crippen molar-refractivity contribution in [1.29, 1.82) is 0 Å². The van der Waals surface area contributed by atoms with Crippen molar-refractivity contribution in [3.63, 3.8) is 0 Å². The Morgan fingerprint density at radius 2 is 1.81 bits per heavy atom. The number of rotatable bonds is 8. The maximum absolute atomic E-state index is 12.6. The van der Waals surface area contributed by atoms with E-state index in [1.165, 1.54) is 32.4 Å². The standard InChI is InChI=1S/C22H34N2O2/c1-18(2)12-13-20-21(19-10-5-3-6-11-19)26-22(25)24(20)17-9-16-23-14-7-4-8-15-23/h3,5-6,10-11,18,20-21H,4,7-9,12-17H2,1-2H3. The Kier molecular flexibility index (Phi) is 6.95. The van der Waals surface area contributed by atoms with Crippen molar-refractivity contribution in [3.8, 4) is 0 Å². The number of benzene rings is 1. The van der Waals surface area contributed by atoms with Gasteiger partial charge in [-0.25, -0.2) is 4.79 Å². The molecule has 0 spiro atoms. The fourth-order valence-corrected chi connectivity index (χ4v) is 4.20. The van der Waals surface area contributed by atoms with Crippen molar-refractivity contribution in [3.05, 3.63) is 35.9 Å². The van der Waals surface area contributed by atoms with Crippen LogP contribution in [0.15, 0.2) is 30.3 Å². The van der Waals surface area contributed by atoms with Crippen molar-refractivity contribution >= 4 is 6.09 Å². The second-order valence-electron chi connectivity index (χ2n) is 8.20. The molecule has 1 aromatic carbocycles. The first-order chi connectivity index (χ1) is 12.6. The van der Waals surface area contributed by atoms with Crippen LogP contribution in [-0.2, 0) is 4.74 Å². The van der Waals surface area contributed by atoms with Gasteiger partial charge in [-0.2, -0.15) is 0 Å². The lowest BCUT2D eigenvalue weighted by Gasteiger charge is -2.29. The molecule has 0 saturated carbocycles. The van der Waals surface area contributed by atoms with Gasteiger partial charge in [0.25, 0.3) is 0 Å². The molecule has 0 radical (unpaired) electrons. The van der Waals surface area contributed by atoms with Crippen LogP contribution >= 0.6 is 0 Å². The summed E-state index contributed by atoms with van der Waals surface area (Å²) < 4.78 is 5.82. The minimum atomic E-state index is -0.133. The molecule has 2 atom stereocenters. The third-order valence-corrected chi connectivity index (χ3v) is 5.70. The van der Waals surface area contributed by atoms with E-state index in [1.807, 2.05) is 23.1 Å². The second kappa shape index (κ2) is 9.40. The molecule has 4 heteroatoms. The van der Waals surface area contributed by atoms with Crippen LogP contribution in [0.2, 0.25) is 0 Å². The summed E-state index contributed by atoms with van der Waals surface area (Å²) in [6, 6.07) is 10.4. The summed E-state index contributed by atoms with van der Waals surface area (Å²) in [5, 5.41) is 0. The monoisotopic (exact) mass is 358 g/mol. The van der Waals surface area contributed by atoms with Gasteiger partial charge in [-0.15, -0.1) is 0 Å². The first kappa shape index (κ1) is 19.2. The molecule has 2 aliphatic heterocycles. The van der Waals surface area contributed by atoms with Crippen LogP contribution in [0.1, 0.15) is 64.0 Å². The number of cyclic esters (lactones) is 1. The molecule has 4 nitrogen and oxygen atoms in total. The van der Waals surface area contributed by atoms with Crippen molar-refractivity contribution < 1.29 is 9.53 Å². The Hall–Kier alpha value is -1.55. The van der Waals surface area contributed by atoms with Gasteiger partial charge in [0.2, 0.25) is 0 Å². The summed E-state index contributed by atoms with van der Waals surface area (Å²) in [7, 11) is 0. The van der Waals surface area contributed by atoms with Crippen LogP contribution in [0.3, 0.4) is 0 Å². The van der Waals surface area contributed by atoms with E-state index in [1.54, 1.807) is 0 Å². The highest BCUT2D eigenvalue weighted by Gasteiger charge is 2.41. The average molecular weight is 359 g/mol. The number of nitrogens with zero attached hydrogens (tertiary/aromatic N) is 2. The molecule has 2 unspecified atom stereocenters. The molecule has 2 aliphatic rings. The van der Waals surface area contributed by atoms with Gasteiger partial charge < -0.3 is 14.5 Å². The first-order valence-electron chi connectivity index (χ1n) is 10.4. The van der Waals surface area contributed by atoms with Crippen molar-refractivity contribution in [1.82, 2.24) is 9.80 Å². The number of carbonyl (C=O) groups is 1.